The molecule has 27 heavy (non-hydrogen) atoms. The van der Waals surface area contributed by atoms with Gasteiger partial charge in [-0.2, -0.15) is 0 Å². The van der Waals surface area contributed by atoms with E-state index in [9.17, 15) is 9.00 Å². The summed E-state index contributed by atoms with van der Waals surface area (Å²) in [5, 5.41) is 2.72. The van der Waals surface area contributed by atoms with Crippen molar-refractivity contribution < 1.29 is 9.00 Å². The number of urea groups is 1. The minimum absolute atomic E-state index is 0.118. The summed E-state index contributed by atoms with van der Waals surface area (Å²) in [6.07, 6.45) is 3.26. The average molecular weight is 376 g/mol. The summed E-state index contributed by atoms with van der Waals surface area (Å²) in [5.41, 5.74) is 2.69. The molecule has 1 unspecified atom stereocenters. The predicted molar refractivity (Wildman–Crippen MR) is 111 cm³/mol. The number of carbonyl (C=O) groups excluding carboxylic acids is 1. The normalized spacial score (nSPS) is 12.2. The van der Waals surface area contributed by atoms with Crippen LogP contribution in [0.5, 0.6) is 0 Å². The van der Waals surface area contributed by atoms with Crippen molar-refractivity contribution in [3.8, 4) is 0 Å². The predicted octanol–water partition coefficient (Wildman–Crippen LogP) is 4.86. The van der Waals surface area contributed by atoms with E-state index in [0.717, 1.165) is 11.1 Å². The number of aliphatic imine (C=N–C) groups is 1. The van der Waals surface area contributed by atoms with Crippen molar-refractivity contribution in [3.63, 3.8) is 0 Å². The van der Waals surface area contributed by atoms with Crippen LogP contribution in [0.2, 0.25) is 0 Å². The second-order valence-electron chi connectivity index (χ2n) is 5.99. The summed E-state index contributed by atoms with van der Waals surface area (Å²) >= 11 is 0. The quantitative estimate of drug-likeness (QED) is 0.647. The Labute approximate surface area is 161 Å². The first-order chi connectivity index (χ1) is 13.1. The van der Waals surface area contributed by atoms with Crippen LogP contribution in [0.15, 0.2) is 94.8 Å². The van der Waals surface area contributed by atoms with Gasteiger partial charge in [0.25, 0.3) is 0 Å². The number of carbonyl (C=O) groups is 1. The van der Waals surface area contributed by atoms with Gasteiger partial charge in [0.15, 0.2) is 0 Å². The molecule has 3 aromatic carbocycles. The molecule has 3 rings (SSSR count). The number of benzene rings is 3. The Hall–Kier alpha value is -3.05. The van der Waals surface area contributed by atoms with Crippen LogP contribution in [0.4, 0.5) is 10.5 Å². The van der Waals surface area contributed by atoms with Gasteiger partial charge in [0.05, 0.1) is 0 Å². The number of rotatable bonds is 5. The number of hydrogen-bond donors (Lipinski definition) is 1. The Morgan fingerprint density at radius 2 is 1.52 bits per heavy atom. The van der Waals surface area contributed by atoms with Crippen molar-refractivity contribution in [2.45, 2.75) is 10.8 Å². The smallest absolute Gasteiger partial charge is 0.306 e. The van der Waals surface area contributed by atoms with Gasteiger partial charge >= 0.3 is 6.03 Å². The maximum absolute atomic E-state index is 12.3. The van der Waals surface area contributed by atoms with E-state index in [1.165, 1.54) is 0 Å². The zero-order valence-electron chi connectivity index (χ0n) is 14.9. The highest BCUT2D eigenvalue weighted by Gasteiger charge is 2.12. The molecule has 1 N–H and O–H groups in total. The second-order valence-corrected chi connectivity index (χ2v) is 7.37. The molecular weight excluding hydrogens is 356 g/mol. The molecule has 0 heterocycles. The van der Waals surface area contributed by atoms with Crippen molar-refractivity contribution in [2.75, 3.05) is 11.6 Å². The van der Waals surface area contributed by atoms with Gasteiger partial charge in [0, 0.05) is 39.8 Å². The fourth-order valence-electron chi connectivity index (χ4n) is 2.74. The Balaban J connectivity index is 1.79. The molecule has 4 nitrogen and oxygen atoms in total. The Kier molecular flexibility index (Phi) is 6.28. The molecular formula is C22H20N2O2S. The van der Waals surface area contributed by atoms with Gasteiger partial charge in [-0.25, -0.2) is 9.79 Å². The van der Waals surface area contributed by atoms with Crippen molar-refractivity contribution in [3.05, 3.63) is 96.1 Å². The lowest BCUT2D eigenvalue weighted by molar-refractivity contribution is 0.259. The number of hydrogen-bond acceptors (Lipinski definition) is 2. The van der Waals surface area contributed by atoms with E-state index < -0.39 is 16.8 Å². The largest absolute Gasteiger partial charge is 0.345 e. The Morgan fingerprint density at radius 1 is 0.926 bits per heavy atom. The monoisotopic (exact) mass is 376 g/mol. The summed E-state index contributed by atoms with van der Waals surface area (Å²) in [7, 11) is -1.10. The molecule has 0 saturated heterocycles. The number of nitrogens with one attached hydrogen (secondary N) is 1. The summed E-state index contributed by atoms with van der Waals surface area (Å²) in [4.78, 5) is 17.0. The first kappa shape index (κ1) is 18.7. The maximum atomic E-state index is 12.3. The van der Waals surface area contributed by atoms with Gasteiger partial charge in [0.1, 0.15) is 0 Å². The van der Waals surface area contributed by atoms with E-state index in [1.54, 1.807) is 36.7 Å². The molecule has 0 bridgehead atoms. The Morgan fingerprint density at radius 3 is 2.07 bits per heavy atom. The van der Waals surface area contributed by atoms with Crippen LogP contribution < -0.4 is 5.32 Å². The van der Waals surface area contributed by atoms with Crippen LogP contribution in [-0.4, -0.2) is 22.7 Å². The van der Waals surface area contributed by atoms with Crippen LogP contribution >= 0.6 is 0 Å². The molecule has 0 fully saturated rings. The molecule has 5 heteroatoms. The SMILES string of the molecule is CS(=O)c1cccc(NC(=O)N=CC(c2ccccc2)c2ccccc2)c1. The van der Waals surface area contributed by atoms with Crippen LogP contribution in [-0.2, 0) is 10.8 Å². The molecule has 0 aliphatic carbocycles. The van der Waals surface area contributed by atoms with E-state index in [0.29, 0.717) is 10.6 Å². The maximum Gasteiger partial charge on any atom is 0.345 e. The van der Waals surface area contributed by atoms with E-state index in [1.807, 2.05) is 60.7 Å². The Bertz CT molecular complexity index is 917. The van der Waals surface area contributed by atoms with Gasteiger partial charge in [-0.1, -0.05) is 66.7 Å². The van der Waals surface area contributed by atoms with Crippen LogP contribution in [0, 0.1) is 0 Å². The first-order valence-corrected chi connectivity index (χ1v) is 10.1. The first-order valence-electron chi connectivity index (χ1n) is 8.52. The van der Waals surface area contributed by atoms with E-state index >= 15 is 0 Å². The van der Waals surface area contributed by atoms with Crippen LogP contribution in [0.3, 0.4) is 0 Å². The number of amides is 2. The van der Waals surface area contributed by atoms with Gasteiger partial charge in [-0.3, -0.25) is 4.21 Å². The lowest BCUT2D eigenvalue weighted by Gasteiger charge is -2.13. The highest BCUT2D eigenvalue weighted by Crippen LogP contribution is 2.22. The molecule has 0 aromatic heterocycles. The third-order valence-electron chi connectivity index (χ3n) is 4.08. The molecule has 0 spiro atoms. The summed E-state index contributed by atoms with van der Waals surface area (Å²) in [6, 6.07) is 26.3. The van der Waals surface area contributed by atoms with Crippen LogP contribution in [0.1, 0.15) is 17.0 Å². The summed E-state index contributed by atoms with van der Waals surface area (Å²) < 4.78 is 11.6. The van der Waals surface area contributed by atoms with Crippen molar-refractivity contribution >= 4 is 28.7 Å². The third kappa shape index (κ3) is 5.21. The number of nitrogens with zero attached hydrogens (tertiary/aromatic N) is 1. The molecule has 2 amide bonds. The molecule has 1 atom stereocenters. The molecule has 136 valence electrons. The van der Waals surface area contributed by atoms with Crippen molar-refractivity contribution in [1.29, 1.82) is 0 Å². The summed E-state index contributed by atoms with van der Waals surface area (Å²) in [5.74, 6) is -0.118. The van der Waals surface area contributed by atoms with E-state index in [4.69, 9.17) is 0 Å². The molecule has 0 radical (unpaired) electrons. The third-order valence-corrected chi connectivity index (χ3v) is 4.99. The highest BCUT2D eigenvalue weighted by atomic mass is 32.2. The van der Waals surface area contributed by atoms with Gasteiger partial charge < -0.3 is 5.32 Å². The van der Waals surface area contributed by atoms with E-state index in [2.05, 4.69) is 10.3 Å². The zero-order valence-corrected chi connectivity index (χ0v) is 15.7. The average Bonchev–Trinajstić information content (AvgIpc) is 2.70. The standard InChI is InChI=1S/C22H20N2O2S/c1-27(26)20-14-8-13-19(15-20)24-22(25)23-16-21(17-9-4-2-5-10-17)18-11-6-3-7-12-18/h2-16,21H,1H3,(H,24,25). The molecule has 0 aliphatic rings. The fourth-order valence-corrected chi connectivity index (χ4v) is 3.30. The number of anilines is 1. The van der Waals surface area contributed by atoms with Crippen molar-refractivity contribution in [2.24, 2.45) is 4.99 Å². The molecule has 3 aromatic rings. The van der Waals surface area contributed by atoms with Gasteiger partial charge in [-0.05, 0) is 29.3 Å². The van der Waals surface area contributed by atoms with E-state index in [-0.39, 0.29) is 5.92 Å². The van der Waals surface area contributed by atoms with Crippen LogP contribution in [0.25, 0.3) is 0 Å². The second kappa shape index (κ2) is 9.05. The molecule has 0 aliphatic heterocycles. The van der Waals surface area contributed by atoms with Crippen molar-refractivity contribution in [1.82, 2.24) is 0 Å². The minimum Gasteiger partial charge on any atom is -0.306 e. The lowest BCUT2D eigenvalue weighted by Crippen LogP contribution is -2.10. The van der Waals surface area contributed by atoms with Gasteiger partial charge in [-0.15, -0.1) is 0 Å². The summed E-state index contributed by atoms with van der Waals surface area (Å²) in [6.45, 7) is 0. The topological polar surface area (TPSA) is 58.5 Å². The molecule has 0 saturated carbocycles. The minimum atomic E-state index is -1.10. The lowest BCUT2D eigenvalue weighted by atomic mass is 9.92. The zero-order chi connectivity index (χ0) is 19.1. The fraction of sp³-hybridized carbons (Fsp3) is 0.0909. The van der Waals surface area contributed by atoms with Gasteiger partial charge in [0.2, 0.25) is 0 Å². The highest BCUT2D eigenvalue weighted by molar-refractivity contribution is 7.84.